The molecule has 0 N–H and O–H groups in total. The van der Waals surface area contributed by atoms with Gasteiger partial charge in [0.2, 0.25) is 0 Å². The number of hydrogen-bond acceptors (Lipinski definition) is 2. The van der Waals surface area contributed by atoms with E-state index < -0.39 is 0 Å². The Bertz CT molecular complexity index is 947. The average molecular weight is 373 g/mol. The van der Waals surface area contributed by atoms with E-state index in [-0.39, 0.29) is 17.6 Å². The first-order valence-electron chi connectivity index (χ1n) is 9.46. The van der Waals surface area contributed by atoms with Crippen LogP contribution in [0.2, 0.25) is 5.02 Å². The van der Waals surface area contributed by atoms with Crippen LogP contribution in [0, 0.1) is 0 Å². The average Bonchev–Trinajstić information content (AvgIpc) is 3.41. The molecule has 1 aliphatic carbocycles. The van der Waals surface area contributed by atoms with Crippen LogP contribution >= 0.6 is 11.6 Å². The number of benzene rings is 3. The van der Waals surface area contributed by atoms with Crippen molar-refractivity contribution in [3.8, 4) is 0 Å². The molecule has 0 aromatic heterocycles. The number of hydrogen-bond donors (Lipinski definition) is 0. The van der Waals surface area contributed by atoms with Crippen LogP contribution in [0.5, 0.6) is 0 Å². The first kappa shape index (κ1) is 16.6. The van der Waals surface area contributed by atoms with Crippen LogP contribution in [0.25, 0.3) is 0 Å². The van der Waals surface area contributed by atoms with Crippen molar-refractivity contribution in [2.24, 2.45) is 4.99 Å². The molecule has 3 aromatic carbocycles. The highest BCUT2D eigenvalue weighted by atomic mass is 35.5. The largest absolute Gasteiger partial charge is 0.344 e. The summed E-state index contributed by atoms with van der Waals surface area (Å²) in [5.41, 5.74) is 3.92. The van der Waals surface area contributed by atoms with E-state index in [2.05, 4.69) is 84.0 Å². The molecule has 1 fully saturated rings. The zero-order chi connectivity index (χ0) is 18.3. The van der Waals surface area contributed by atoms with E-state index in [1.807, 2.05) is 12.1 Å². The van der Waals surface area contributed by atoms with Crippen molar-refractivity contribution in [3.05, 3.63) is 107 Å². The fourth-order valence-corrected chi connectivity index (χ4v) is 4.44. The molecule has 2 atom stereocenters. The molecule has 3 heteroatoms. The number of aliphatic imine (C=N–C) groups is 1. The van der Waals surface area contributed by atoms with Gasteiger partial charge in [-0.05, 0) is 41.7 Å². The van der Waals surface area contributed by atoms with E-state index in [4.69, 9.17) is 16.6 Å². The highest BCUT2D eigenvalue weighted by molar-refractivity contribution is 6.30. The summed E-state index contributed by atoms with van der Waals surface area (Å²) in [6, 6.07) is 30.0. The lowest BCUT2D eigenvalue weighted by Crippen LogP contribution is -2.36. The van der Waals surface area contributed by atoms with Crippen molar-refractivity contribution in [2.75, 3.05) is 0 Å². The van der Waals surface area contributed by atoms with E-state index in [1.165, 1.54) is 16.7 Å². The summed E-state index contributed by atoms with van der Waals surface area (Å²) in [5.74, 6) is 0. The van der Waals surface area contributed by atoms with Gasteiger partial charge in [0.25, 0.3) is 0 Å². The fourth-order valence-electron chi connectivity index (χ4n) is 4.31. The van der Waals surface area contributed by atoms with Crippen molar-refractivity contribution in [1.82, 2.24) is 4.90 Å². The number of halogens is 1. The van der Waals surface area contributed by atoms with Gasteiger partial charge in [-0.15, -0.1) is 0 Å². The standard InChI is InChI=1S/C24H21ClN2/c25-21-13-11-20(12-14-21)24(15-16-24)27-17-26-22(18-7-3-1-4-8-18)23(27)19-9-5-2-6-10-19/h1-14,17,22-23H,15-16H2/t22-,23+/m0/s1. The quantitative estimate of drug-likeness (QED) is 0.535. The Morgan fingerprint density at radius 3 is 1.96 bits per heavy atom. The molecule has 1 aliphatic heterocycles. The summed E-state index contributed by atoms with van der Waals surface area (Å²) in [4.78, 5) is 7.46. The van der Waals surface area contributed by atoms with Crippen LogP contribution in [-0.4, -0.2) is 11.2 Å². The maximum atomic E-state index is 6.13. The van der Waals surface area contributed by atoms with E-state index in [9.17, 15) is 0 Å². The lowest BCUT2D eigenvalue weighted by molar-refractivity contribution is 0.224. The van der Waals surface area contributed by atoms with Gasteiger partial charge in [0.1, 0.15) is 6.04 Å². The second kappa shape index (κ2) is 6.54. The van der Waals surface area contributed by atoms with Crippen LogP contribution in [0.1, 0.15) is 41.6 Å². The predicted molar refractivity (Wildman–Crippen MR) is 111 cm³/mol. The minimum atomic E-state index is 0.0259. The minimum absolute atomic E-state index is 0.0259. The first-order chi connectivity index (χ1) is 13.3. The Kier molecular flexibility index (Phi) is 4.02. The molecule has 2 nitrogen and oxygen atoms in total. The Hall–Kier alpha value is -2.58. The van der Waals surface area contributed by atoms with Crippen LogP contribution in [0.15, 0.2) is 89.9 Å². The normalized spacial score (nSPS) is 22.8. The molecule has 27 heavy (non-hydrogen) atoms. The van der Waals surface area contributed by atoms with E-state index in [0.717, 1.165) is 17.9 Å². The fraction of sp³-hybridized carbons (Fsp3) is 0.208. The Labute approximate surface area is 165 Å². The van der Waals surface area contributed by atoms with E-state index in [0.29, 0.717) is 0 Å². The molecular formula is C24H21ClN2. The topological polar surface area (TPSA) is 15.6 Å². The molecule has 1 heterocycles. The Morgan fingerprint density at radius 2 is 1.37 bits per heavy atom. The molecule has 134 valence electrons. The summed E-state index contributed by atoms with van der Waals surface area (Å²) in [6.07, 6.45) is 4.37. The van der Waals surface area contributed by atoms with Crippen LogP contribution in [0.4, 0.5) is 0 Å². The molecule has 0 spiro atoms. The minimum Gasteiger partial charge on any atom is -0.344 e. The SMILES string of the molecule is Clc1ccc(C2(N3C=N[C@@H](c4ccccc4)[C@H]3c3ccccc3)CC2)cc1. The third-order valence-electron chi connectivity index (χ3n) is 5.83. The van der Waals surface area contributed by atoms with Crippen molar-refractivity contribution >= 4 is 17.9 Å². The van der Waals surface area contributed by atoms with Gasteiger partial charge in [0.05, 0.1) is 17.9 Å². The van der Waals surface area contributed by atoms with E-state index in [1.54, 1.807) is 0 Å². The number of nitrogens with zero attached hydrogens (tertiary/aromatic N) is 2. The monoisotopic (exact) mass is 372 g/mol. The second-order valence-electron chi connectivity index (χ2n) is 7.42. The summed E-state index contributed by atoms with van der Waals surface area (Å²) in [7, 11) is 0. The van der Waals surface area contributed by atoms with Crippen molar-refractivity contribution < 1.29 is 0 Å². The molecule has 2 aliphatic rings. The van der Waals surface area contributed by atoms with Crippen LogP contribution < -0.4 is 0 Å². The molecule has 3 aromatic rings. The van der Waals surface area contributed by atoms with Crippen molar-refractivity contribution in [3.63, 3.8) is 0 Å². The summed E-state index contributed by atoms with van der Waals surface area (Å²) >= 11 is 6.13. The van der Waals surface area contributed by atoms with Crippen LogP contribution in [-0.2, 0) is 5.54 Å². The molecule has 0 bridgehead atoms. The van der Waals surface area contributed by atoms with Crippen molar-refractivity contribution in [1.29, 1.82) is 0 Å². The zero-order valence-electron chi connectivity index (χ0n) is 15.0. The molecule has 0 amide bonds. The highest BCUT2D eigenvalue weighted by Crippen LogP contribution is 2.57. The van der Waals surface area contributed by atoms with Gasteiger partial charge >= 0.3 is 0 Å². The molecule has 0 saturated heterocycles. The van der Waals surface area contributed by atoms with Gasteiger partial charge in [0, 0.05) is 5.02 Å². The van der Waals surface area contributed by atoms with Gasteiger partial charge in [-0.25, -0.2) is 0 Å². The third-order valence-corrected chi connectivity index (χ3v) is 6.08. The second-order valence-corrected chi connectivity index (χ2v) is 7.86. The molecule has 1 saturated carbocycles. The van der Waals surface area contributed by atoms with Crippen LogP contribution in [0.3, 0.4) is 0 Å². The molecular weight excluding hydrogens is 352 g/mol. The molecule has 0 radical (unpaired) electrons. The lowest BCUT2D eigenvalue weighted by Gasteiger charge is -2.36. The zero-order valence-corrected chi connectivity index (χ0v) is 15.8. The predicted octanol–water partition coefficient (Wildman–Crippen LogP) is 6.16. The third kappa shape index (κ3) is 2.85. The highest BCUT2D eigenvalue weighted by Gasteiger charge is 2.54. The molecule has 0 unspecified atom stereocenters. The maximum absolute atomic E-state index is 6.13. The van der Waals surface area contributed by atoms with Gasteiger partial charge in [-0.1, -0.05) is 84.4 Å². The van der Waals surface area contributed by atoms with E-state index >= 15 is 0 Å². The first-order valence-corrected chi connectivity index (χ1v) is 9.83. The van der Waals surface area contributed by atoms with Gasteiger partial charge < -0.3 is 4.90 Å². The Balaban J connectivity index is 1.58. The van der Waals surface area contributed by atoms with Gasteiger partial charge in [-0.2, -0.15) is 0 Å². The van der Waals surface area contributed by atoms with Gasteiger partial charge in [-0.3, -0.25) is 4.99 Å². The Morgan fingerprint density at radius 1 is 0.778 bits per heavy atom. The van der Waals surface area contributed by atoms with Crippen molar-refractivity contribution in [2.45, 2.75) is 30.5 Å². The smallest absolute Gasteiger partial charge is 0.101 e. The number of rotatable bonds is 4. The van der Waals surface area contributed by atoms with Gasteiger partial charge in [0.15, 0.2) is 0 Å². The molecule has 5 rings (SSSR count). The summed E-state index contributed by atoms with van der Waals surface area (Å²) in [6.45, 7) is 0. The summed E-state index contributed by atoms with van der Waals surface area (Å²) in [5, 5.41) is 0.784. The maximum Gasteiger partial charge on any atom is 0.101 e. The lowest BCUT2D eigenvalue weighted by atomic mass is 9.91. The summed E-state index contributed by atoms with van der Waals surface area (Å²) < 4.78 is 0.